The second-order valence-electron chi connectivity index (χ2n) is 13.3. The Bertz CT molecular complexity index is 3240. The molecule has 0 amide bonds. The van der Waals surface area contributed by atoms with Gasteiger partial charge in [-0.1, -0.05) is 91.0 Å². The lowest BCUT2D eigenvalue weighted by Gasteiger charge is -2.09. The molecule has 0 saturated carbocycles. The summed E-state index contributed by atoms with van der Waals surface area (Å²) in [5.41, 5.74) is 7.33. The smallest absolute Gasteiger partial charge is 0.110 e. The van der Waals surface area contributed by atoms with Crippen molar-refractivity contribution < 1.29 is 0 Å². The lowest BCUT2D eigenvalue weighted by atomic mass is 10.0. The summed E-state index contributed by atoms with van der Waals surface area (Å²) in [5, 5.41) is 10.6. The zero-order valence-electron chi connectivity index (χ0n) is 27.1. The van der Waals surface area contributed by atoms with Crippen LogP contribution in [0.3, 0.4) is 0 Å². The van der Waals surface area contributed by atoms with Crippen LogP contribution in [0.25, 0.3) is 105 Å². The molecule has 0 radical (unpaired) electrons. The van der Waals surface area contributed by atoms with E-state index in [1.165, 1.54) is 105 Å². The van der Waals surface area contributed by atoms with Crippen LogP contribution in [0.4, 0.5) is 0 Å². The minimum Gasteiger partial charge on any atom is -0.309 e. The summed E-state index contributed by atoms with van der Waals surface area (Å²) in [5.74, 6) is 0. The highest BCUT2D eigenvalue weighted by atomic mass is 32.1. The van der Waals surface area contributed by atoms with Crippen molar-refractivity contribution in [2.24, 2.45) is 0 Å². The SMILES string of the molecule is c1cc(-c2ccc3sc4ccc(-n5c6ccccc6c6ccccc65)cc4c3c2)cc(-n2c3sc4ccccc4c3c3c4ccccc4sc32)c1. The minimum absolute atomic E-state index is 1.19. The minimum atomic E-state index is 1.19. The van der Waals surface area contributed by atoms with E-state index in [4.69, 9.17) is 0 Å². The summed E-state index contributed by atoms with van der Waals surface area (Å²) in [6.07, 6.45) is 0. The number of hydrogen-bond acceptors (Lipinski definition) is 3. The molecule has 51 heavy (non-hydrogen) atoms. The monoisotopic (exact) mass is 702 g/mol. The molecule has 0 aliphatic carbocycles. The molecule has 5 heteroatoms. The van der Waals surface area contributed by atoms with Gasteiger partial charge in [-0.2, -0.15) is 0 Å². The van der Waals surface area contributed by atoms with Gasteiger partial charge >= 0.3 is 0 Å². The fourth-order valence-corrected chi connectivity index (χ4v) is 11.9. The number of thiophene rings is 3. The van der Waals surface area contributed by atoms with E-state index in [1.54, 1.807) is 0 Å². The van der Waals surface area contributed by atoms with Crippen LogP contribution in [0, 0.1) is 0 Å². The maximum absolute atomic E-state index is 2.51. The number of fused-ring (bicyclic) bond motifs is 13. The van der Waals surface area contributed by atoms with Gasteiger partial charge in [0.25, 0.3) is 0 Å². The van der Waals surface area contributed by atoms with E-state index in [9.17, 15) is 0 Å². The summed E-state index contributed by atoms with van der Waals surface area (Å²) in [7, 11) is 0. The first-order valence-electron chi connectivity index (χ1n) is 17.2. The number of hydrogen-bond donors (Lipinski definition) is 0. The third-order valence-corrected chi connectivity index (χ3v) is 14.0. The van der Waals surface area contributed by atoms with Gasteiger partial charge in [-0.3, -0.25) is 4.57 Å². The topological polar surface area (TPSA) is 9.86 Å². The molecule has 0 N–H and O–H groups in total. The normalized spacial score (nSPS) is 12.3. The number of rotatable bonds is 3. The molecular formula is C46H26N2S3. The summed E-state index contributed by atoms with van der Waals surface area (Å²) in [6, 6.07) is 58.4. The zero-order valence-corrected chi connectivity index (χ0v) is 29.6. The van der Waals surface area contributed by atoms with Crippen LogP contribution in [0.5, 0.6) is 0 Å². The summed E-state index contributed by atoms with van der Waals surface area (Å²) in [4.78, 5) is 2.63. The molecule has 0 bridgehead atoms. The van der Waals surface area contributed by atoms with Crippen molar-refractivity contribution in [3.05, 3.63) is 158 Å². The Morgan fingerprint density at radius 2 is 0.824 bits per heavy atom. The highest BCUT2D eigenvalue weighted by molar-refractivity contribution is 7.28. The van der Waals surface area contributed by atoms with Crippen LogP contribution >= 0.6 is 34.0 Å². The van der Waals surface area contributed by atoms with Crippen LogP contribution in [0.2, 0.25) is 0 Å². The molecule has 2 nitrogen and oxygen atoms in total. The van der Waals surface area contributed by atoms with Crippen molar-refractivity contribution in [1.82, 2.24) is 9.13 Å². The first-order chi connectivity index (χ1) is 25.3. The van der Waals surface area contributed by atoms with Gasteiger partial charge in [-0.05, 0) is 77.9 Å². The standard InChI is InChI=1S/C46H26N2S3/c1-5-16-37-31(12-1)32-13-2-6-17-38(32)47(37)30-21-23-42-36(26-30)35-25-28(20-22-41(35)49-42)27-10-9-11-29(24-27)48-45-43(33-14-3-7-18-39(33)50-45)44-34-15-4-8-19-40(34)51-46(44)48/h1-26H. The Labute approximate surface area is 304 Å². The largest absolute Gasteiger partial charge is 0.309 e. The van der Waals surface area contributed by atoms with Gasteiger partial charge in [0, 0.05) is 73.3 Å². The molecule has 0 fully saturated rings. The predicted octanol–water partition coefficient (Wildman–Crippen LogP) is 14.3. The molecule has 12 rings (SSSR count). The highest BCUT2D eigenvalue weighted by Crippen LogP contribution is 2.48. The second kappa shape index (κ2) is 10.4. The first kappa shape index (κ1) is 28.0. The van der Waals surface area contributed by atoms with E-state index < -0.39 is 0 Å². The Morgan fingerprint density at radius 3 is 1.49 bits per heavy atom. The van der Waals surface area contributed by atoms with E-state index in [2.05, 4.69) is 167 Å². The molecule has 0 saturated heterocycles. The lowest BCUT2D eigenvalue weighted by Crippen LogP contribution is -1.93. The maximum Gasteiger partial charge on any atom is 0.110 e. The van der Waals surface area contributed by atoms with Crippen molar-refractivity contribution >= 4 is 117 Å². The predicted molar refractivity (Wildman–Crippen MR) is 224 cm³/mol. The average molecular weight is 703 g/mol. The number of aromatic nitrogens is 2. The van der Waals surface area contributed by atoms with Crippen LogP contribution in [-0.4, -0.2) is 9.13 Å². The highest BCUT2D eigenvalue weighted by Gasteiger charge is 2.22. The Balaban J connectivity index is 1.05. The first-order valence-corrected chi connectivity index (χ1v) is 19.6. The van der Waals surface area contributed by atoms with Crippen LogP contribution in [-0.2, 0) is 0 Å². The second-order valence-corrected chi connectivity index (χ2v) is 16.5. The van der Waals surface area contributed by atoms with Gasteiger partial charge in [-0.15, -0.1) is 34.0 Å². The van der Waals surface area contributed by atoms with E-state index in [0.29, 0.717) is 0 Å². The molecule has 0 aliphatic rings. The molecule has 7 aromatic carbocycles. The maximum atomic E-state index is 2.51. The van der Waals surface area contributed by atoms with Crippen molar-refractivity contribution in [2.45, 2.75) is 0 Å². The molecule has 0 atom stereocenters. The van der Waals surface area contributed by atoms with E-state index in [1.807, 2.05) is 34.0 Å². The van der Waals surface area contributed by atoms with Gasteiger partial charge in [-0.25, -0.2) is 0 Å². The molecule has 0 aliphatic heterocycles. The van der Waals surface area contributed by atoms with Crippen LogP contribution in [0.1, 0.15) is 0 Å². The molecule has 12 aromatic rings. The van der Waals surface area contributed by atoms with Crippen molar-refractivity contribution in [3.63, 3.8) is 0 Å². The number of benzene rings is 7. The molecule has 238 valence electrons. The molecule has 0 unspecified atom stereocenters. The molecule has 0 spiro atoms. The van der Waals surface area contributed by atoms with E-state index in [0.717, 1.165) is 0 Å². The van der Waals surface area contributed by atoms with Crippen LogP contribution in [0.15, 0.2) is 158 Å². The molecule has 5 heterocycles. The Kier molecular flexibility index (Phi) is 5.72. The fraction of sp³-hybridized carbons (Fsp3) is 0. The quantitative estimate of drug-likeness (QED) is 0.173. The molecular weight excluding hydrogens is 677 g/mol. The van der Waals surface area contributed by atoms with Crippen molar-refractivity contribution in [2.75, 3.05) is 0 Å². The van der Waals surface area contributed by atoms with Gasteiger partial charge in [0.1, 0.15) is 9.66 Å². The molecule has 5 aromatic heterocycles. The van der Waals surface area contributed by atoms with Gasteiger partial charge < -0.3 is 4.57 Å². The number of para-hydroxylation sites is 2. The Hall–Kier alpha value is -5.72. The summed E-state index contributed by atoms with van der Waals surface area (Å²) >= 11 is 5.67. The number of nitrogens with zero attached hydrogens (tertiary/aromatic N) is 2. The van der Waals surface area contributed by atoms with Gasteiger partial charge in [0.15, 0.2) is 0 Å². The van der Waals surface area contributed by atoms with Gasteiger partial charge in [0.05, 0.1) is 11.0 Å². The van der Waals surface area contributed by atoms with Crippen molar-refractivity contribution in [3.8, 4) is 22.5 Å². The lowest BCUT2D eigenvalue weighted by molar-refractivity contribution is 1.19. The van der Waals surface area contributed by atoms with E-state index >= 15 is 0 Å². The summed E-state index contributed by atoms with van der Waals surface area (Å²) < 4.78 is 10.2. The third-order valence-electron chi connectivity index (χ3n) is 10.5. The summed E-state index contributed by atoms with van der Waals surface area (Å²) in [6.45, 7) is 0. The van der Waals surface area contributed by atoms with Crippen molar-refractivity contribution in [1.29, 1.82) is 0 Å². The zero-order chi connectivity index (χ0) is 33.2. The van der Waals surface area contributed by atoms with E-state index in [-0.39, 0.29) is 0 Å². The van der Waals surface area contributed by atoms with Gasteiger partial charge in [0.2, 0.25) is 0 Å². The Morgan fingerprint density at radius 1 is 0.314 bits per heavy atom. The van der Waals surface area contributed by atoms with Crippen LogP contribution < -0.4 is 0 Å². The fourth-order valence-electron chi connectivity index (χ4n) is 8.30. The third kappa shape index (κ3) is 3.91. The average Bonchev–Trinajstić information content (AvgIpc) is 3.97.